The third kappa shape index (κ3) is 1.65. The van der Waals surface area contributed by atoms with E-state index in [1.807, 2.05) is 31.6 Å². The highest BCUT2D eigenvalue weighted by Gasteiger charge is 2.20. The van der Waals surface area contributed by atoms with Crippen LogP contribution in [-0.4, -0.2) is 16.1 Å². The number of nitrogens with two attached hydrogens (primary N) is 1. The van der Waals surface area contributed by atoms with Crippen LogP contribution in [0.5, 0.6) is 0 Å². The quantitative estimate of drug-likeness (QED) is 0.754. The lowest BCUT2D eigenvalue weighted by Gasteiger charge is -2.30. The summed E-state index contributed by atoms with van der Waals surface area (Å²) >= 11 is 0. The highest BCUT2D eigenvalue weighted by Crippen LogP contribution is 2.26. The summed E-state index contributed by atoms with van der Waals surface area (Å²) in [5, 5.41) is 0. The number of nitrogen functional groups attached to an aromatic ring is 1. The van der Waals surface area contributed by atoms with Crippen molar-refractivity contribution in [2.45, 2.75) is 13.0 Å². The molecule has 3 rings (SSSR count). The van der Waals surface area contributed by atoms with Gasteiger partial charge < -0.3 is 15.2 Å². The molecule has 4 nitrogen and oxygen atoms in total. The lowest BCUT2D eigenvalue weighted by atomic mass is 9.98. The number of anilines is 2. The Labute approximate surface area is 101 Å². The van der Waals surface area contributed by atoms with E-state index in [1.54, 1.807) is 0 Å². The number of aryl methyl sites for hydroxylation is 1. The van der Waals surface area contributed by atoms with E-state index in [4.69, 9.17) is 5.73 Å². The van der Waals surface area contributed by atoms with Gasteiger partial charge in [-0.3, -0.25) is 0 Å². The maximum atomic E-state index is 6.00. The first kappa shape index (κ1) is 10.2. The van der Waals surface area contributed by atoms with Crippen molar-refractivity contribution >= 4 is 11.6 Å². The Morgan fingerprint density at radius 3 is 3.00 bits per heavy atom. The number of hydrogen-bond donors (Lipinski definition) is 1. The molecule has 17 heavy (non-hydrogen) atoms. The first-order chi connectivity index (χ1) is 8.25. The second kappa shape index (κ2) is 3.80. The molecule has 0 unspecified atom stereocenters. The van der Waals surface area contributed by atoms with E-state index in [0.29, 0.717) is 0 Å². The lowest BCUT2D eigenvalue weighted by Crippen LogP contribution is -2.32. The minimum atomic E-state index is 0.894. The molecule has 1 aromatic carbocycles. The molecule has 1 aromatic heterocycles. The van der Waals surface area contributed by atoms with E-state index in [1.165, 1.54) is 11.1 Å². The average molecular weight is 228 g/mol. The standard InChI is InChI=1S/C13H16N4/c1-16-8-6-15-13(16)17-7-5-11-10(9-17)3-2-4-12(11)14/h2-4,6,8H,5,7,9,14H2,1H3. The van der Waals surface area contributed by atoms with Gasteiger partial charge in [-0.15, -0.1) is 0 Å². The Bertz CT molecular complexity index is 544. The van der Waals surface area contributed by atoms with E-state index in [9.17, 15) is 0 Å². The van der Waals surface area contributed by atoms with E-state index >= 15 is 0 Å². The summed E-state index contributed by atoms with van der Waals surface area (Å²) in [7, 11) is 2.03. The van der Waals surface area contributed by atoms with Crippen molar-refractivity contribution < 1.29 is 0 Å². The van der Waals surface area contributed by atoms with Gasteiger partial charge >= 0.3 is 0 Å². The Morgan fingerprint density at radius 1 is 1.35 bits per heavy atom. The zero-order valence-electron chi connectivity index (χ0n) is 9.93. The first-order valence-corrected chi connectivity index (χ1v) is 5.84. The molecule has 1 aliphatic heterocycles. The van der Waals surface area contributed by atoms with Crippen LogP contribution >= 0.6 is 0 Å². The van der Waals surface area contributed by atoms with Crippen LogP contribution in [0.25, 0.3) is 0 Å². The van der Waals surface area contributed by atoms with E-state index < -0.39 is 0 Å². The second-order valence-corrected chi connectivity index (χ2v) is 4.49. The van der Waals surface area contributed by atoms with Crippen LogP contribution in [0.1, 0.15) is 11.1 Å². The number of benzene rings is 1. The monoisotopic (exact) mass is 228 g/mol. The molecule has 0 spiro atoms. The average Bonchev–Trinajstić information content (AvgIpc) is 2.75. The van der Waals surface area contributed by atoms with Crippen molar-refractivity contribution in [1.82, 2.24) is 9.55 Å². The minimum Gasteiger partial charge on any atom is -0.398 e. The maximum absolute atomic E-state index is 6.00. The molecule has 0 saturated carbocycles. The molecule has 2 aromatic rings. The third-order valence-electron chi connectivity index (χ3n) is 3.38. The van der Waals surface area contributed by atoms with Gasteiger partial charge in [-0.05, 0) is 23.6 Å². The molecule has 0 radical (unpaired) electrons. The van der Waals surface area contributed by atoms with Gasteiger partial charge in [-0.2, -0.15) is 0 Å². The van der Waals surface area contributed by atoms with Crippen LogP contribution in [-0.2, 0) is 20.0 Å². The van der Waals surface area contributed by atoms with Crippen LogP contribution in [0.15, 0.2) is 30.6 Å². The van der Waals surface area contributed by atoms with Gasteiger partial charge in [0.15, 0.2) is 0 Å². The van der Waals surface area contributed by atoms with Gasteiger partial charge in [0.2, 0.25) is 5.95 Å². The summed E-state index contributed by atoms with van der Waals surface area (Å²) in [6.07, 6.45) is 4.81. The Balaban J connectivity index is 1.94. The summed E-state index contributed by atoms with van der Waals surface area (Å²) in [5.74, 6) is 1.03. The van der Waals surface area contributed by atoms with Gasteiger partial charge in [-0.25, -0.2) is 4.98 Å². The third-order valence-corrected chi connectivity index (χ3v) is 3.38. The van der Waals surface area contributed by atoms with Gasteiger partial charge in [0.1, 0.15) is 0 Å². The maximum Gasteiger partial charge on any atom is 0.205 e. The fourth-order valence-corrected chi connectivity index (χ4v) is 2.47. The van der Waals surface area contributed by atoms with E-state index in [0.717, 1.165) is 31.1 Å². The molecule has 2 heterocycles. The van der Waals surface area contributed by atoms with Crippen LogP contribution < -0.4 is 10.6 Å². The van der Waals surface area contributed by atoms with Crippen molar-refractivity contribution in [1.29, 1.82) is 0 Å². The predicted octanol–water partition coefficient (Wildman–Crippen LogP) is 1.57. The molecular formula is C13H16N4. The van der Waals surface area contributed by atoms with Crippen LogP contribution in [0, 0.1) is 0 Å². The van der Waals surface area contributed by atoms with Crippen molar-refractivity contribution in [3.8, 4) is 0 Å². The van der Waals surface area contributed by atoms with Crippen LogP contribution in [0.2, 0.25) is 0 Å². The molecular weight excluding hydrogens is 212 g/mol. The number of nitrogens with zero attached hydrogens (tertiary/aromatic N) is 3. The van der Waals surface area contributed by atoms with Crippen molar-refractivity contribution in [2.75, 3.05) is 17.2 Å². The highest BCUT2D eigenvalue weighted by atomic mass is 15.3. The van der Waals surface area contributed by atoms with E-state index in [-0.39, 0.29) is 0 Å². The number of aromatic nitrogens is 2. The van der Waals surface area contributed by atoms with Gasteiger partial charge in [0, 0.05) is 38.2 Å². The highest BCUT2D eigenvalue weighted by molar-refractivity contribution is 5.54. The van der Waals surface area contributed by atoms with Gasteiger partial charge in [0.05, 0.1) is 0 Å². The normalized spacial score (nSPS) is 14.8. The summed E-state index contributed by atoms with van der Waals surface area (Å²) in [5.41, 5.74) is 9.54. The fraction of sp³-hybridized carbons (Fsp3) is 0.308. The Hall–Kier alpha value is -1.97. The van der Waals surface area contributed by atoms with Crippen molar-refractivity contribution in [3.05, 3.63) is 41.7 Å². The van der Waals surface area contributed by atoms with Crippen molar-refractivity contribution in [2.24, 2.45) is 7.05 Å². The smallest absolute Gasteiger partial charge is 0.205 e. The minimum absolute atomic E-state index is 0.894. The largest absolute Gasteiger partial charge is 0.398 e. The number of hydrogen-bond acceptors (Lipinski definition) is 3. The number of fused-ring (bicyclic) bond motifs is 1. The molecule has 1 aliphatic rings. The van der Waals surface area contributed by atoms with Crippen molar-refractivity contribution in [3.63, 3.8) is 0 Å². The van der Waals surface area contributed by atoms with E-state index in [2.05, 4.69) is 20.5 Å². The van der Waals surface area contributed by atoms with Gasteiger partial charge in [0.25, 0.3) is 0 Å². The molecule has 0 amide bonds. The summed E-state index contributed by atoms with van der Waals surface area (Å²) in [6.45, 7) is 1.87. The Kier molecular flexibility index (Phi) is 2.28. The predicted molar refractivity (Wildman–Crippen MR) is 68.8 cm³/mol. The molecule has 0 aliphatic carbocycles. The SMILES string of the molecule is Cn1ccnc1N1CCc2c(N)cccc2C1. The van der Waals surface area contributed by atoms with Gasteiger partial charge in [-0.1, -0.05) is 12.1 Å². The summed E-state index contributed by atoms with van der Waals surface area (Å²) < 4.78 is 2.05. The topological polar surface area (TPSA) is 47.1 Å². The zero-order chi connectivity index (χ0) is 11.8. The molecule has 2 N–H and O–H groups in total. The molecule has 0 atom stereocenters. The first-order valence-electron chi connectivity index (χ1n) is 5.84. The number of imidazole rings is 1. The molecule has 0 saturated heterocycles. The molecule has 4 heteroatoms. The second-order valence-electron chi connectivity index (χ2n) is 4.49. The number of rotatable bonds is 1. The molecule has 0 fully saturated rings. The molecule has 88 valence electrons. The van der Waals surface area contributed by atoms with Crippen LogP contribution in [0.3, 0.4) is 0 Å². The Morgan fingerprint density at radius 2 is 2.24 bits per heavy atom. The molecule has 0 bridgehead atoms. The van der Waals surface area contributed by atoms with Crippen LogP contribution in [0.4, 0.5) is 11.6 Å². The summed E-state index contributed by atoms with van der Waals surface area (Å²) in [6, 6.07) is 6.16. The zero-order valence-corrected chi connectivity index (χ0v) is 9.93. The lowest BCUT2D eigenvalue weighted by molar-refractivity contribution is 0.689. The fourth-order valence-electron chi connectivity index (χ4n) is 2.47. The summed E-state index contributed by atoms with van der Waals surface area (Å²) in [4.78, 5) is 6.69.